The second kappa shape index (κ2) is 10.2. The van der Waals surface area contributed by atoms with Crippen LogP contribution in [-0.2, 0) is 6.54 Å². The van der Waals surface area contributed by atoms with Crippen molar-refractivity contribution in [2.24, 2.45) is 0 Å². The molecule has 1 aromatic carbocycles. The number of aromatic hydroxyl groups is 2. The van der Waals surface area contributed by atoms with Crippen LogP contribution in [0.3, 0.4) is 0 Å². The minimum absolute atomic E-state index is 0.00447. The van der Waals surface area contributed by atoms with Gasteiger partial charge in [0, 0.05) is 30.3 Å². The van der Waals surface area contributed by atoms with E-state index in [-0.39, 0.29) is 48.5 Å². The molecule has 2 aromatic rings. The zero-order valence-electron chi connectivity index (χ0n) is 20.0. The van der Waals surface area contributed by atoms with Gasteiger partial charge in [0.15, 0.2) is 23.1 Å². The molecule has 1 atom stereocenters. The second-order valence-corrected chi connectivity index (χ2v) is 8.53. The molecule has 0 radical (unpaired) electrons. The van der Waals surface area contributed by atoms with Crippen molar-refractivity contribution in [1.82, 2.24) is 15.5 Å². The van der Waals surface area contributed by atoms with E-state index in [1.165, 1.54) is 19.2 Å². The number of rotatable bonds is 10. The van der Waals surface area contributed by atoms with Gasteiger partial charge in [0.05, 0.1) is 19.8 Å². The predicted molar refractivity (Wildman–Crippen MR) is 129 cm³/mol. The third-order valence-corrected chi connectivity index (χ3v) is 5.46. The predicted octanol–water partition coefficient (Wildman–Crippen LogP) is 2.55. The zero-order chi connectivity index (χ0) is 24.3. The minimum atomic E-state index is -0.179. The Kier molecular flexibility index (Phi) is 7.54. The molecular weight excluding hydrogens is 426 g/mol. The quantitative estimate of drug-likeness (QED) is 0.291. The first-order chi connectivity index (χ1) is 15.7. The molecule has 0 saturated heterocycles. The molecule has 2 heterocycles. The van der Waals surface area contributed by atoms with E-state index in [9.17, 15) is 15.3 Å². The smallest absolute Gasteiger partial charge is 0.227 e. The van der Waals surface area contributed by atoms with Crippen LogP contribution in [0.25, 0.3) is 0 Å². The largest absolute Gasteiger partial charge is 0.507 e. The normalized spacial score (nSPS) is 14.1. The lowest BCUT2D eigenvalue weighted by molar-refractivity contribution is 0.271. The topological polar surface area (TPSA) is 138 Å². The van der Waals surface area contributed by atoms with Gasteiger partial charge in [-0.3, -0.25) is 10.0 Å². The summed E-state index contributed by atoms with van der Waals surface area (Å²) in [4.78, 5) is 9.42. The fourth-order valence-corrected chi connectivity index (χ4v) is 3.51. The molecule has 0 saturated carbocycles. The SMILES string of the molecule is CCC(CO)Nc1nc(NCc2cc(O)c(OC)cc2O)c2c(n1)N(C(C)C)NN2C(C)C. The highest BCUT2D eigenvalue weighted by Crippen LogP contribution is 2.41. The highest BCUT2D eigenvalue weighted by Gasteiger charge is 2.35. The van der Waals surface area contributed by atoms with Crippen LogP contribution >= 0.6 is 0 Å². The van der Waals surface area contributed by atoms with Crippen LogP contribution in [-0.4, -0.2) is 57.1 Å². The van der Waals surface area contributed by atoms with Crippen LogP contribution in [0.2, 0.25) is 0 Å². The number of ether oxygens (including phenoxy) is 1. The fraction of sp³-hybridized carbons (Fsp3) is 0.545. The molecule has 6 N–H and O–H groups in total. The number of methoxy groups -OCH3 is 1. The van der Waals surface area contributed by atoms with E-state index in [1.54, 1.807) is 0 Å². The maximum absolute atomic E-state index is 10.4. The second-order valence-electron chi connectivity index (χ2n) is 8.53. The van der Waals surface area contributed by atoms with Gasteiger partial charge in [0.2, 0.25) is 5.95 Å². The molecule has 1 aliphatic rings. The zero-order valence-corrected chi connectivity index (χ0v) is 20.0. The number of fused-ring (bicyclic) bond motifs is 1. The standard InChI is InChI=1S/C22H35N7O4/c1-7-15(11-30)24-22-25-20(23-10-14-8-17(32)18(33-6)9-16(14)31)19-21(26-22)29(13(4)5)27-28(19)12(2)3/h8-9,12-13,15,27,30-32H,7,10-11H2,1-6H3,(H2,23,24,25,26). The van der Waals surface area contributed by atoms with Gasteiger partial charge >= 0.3 is 0 Å². The Morgan fingerprint density at radius 2 is 1.76 bits per heavy atom. The average Bonchev–Trinajstić information content (AvgIpc) is 3.17. The van der Waals surface area contributed by atoms with Crippen LogP contribution in [0.5, 0.6) is 17.2 Å². The van der Waals surface area contributed by atoms with Crippen LogP contribution in [0.4, 0.5) is 23.3 Å². The van der Waals surface area contributed by atoms with Gasteiger partial charge < -0.3 is 30.7 Å². The van der Waals surface area contributed by atoms with Gasteiger partial charge in [-0.05, 0) is 40.2 Å². The number of aromatic nitrogens is 2. The molecule has 0 amide bonds. The summed E-state index contributed by atoms with van der Waals surface area (Å²) in [5, 5.41) is 40.6. The summed E-state index contributed by atoms with van der Waals surface area (Å²) in [5.41, 5.74) is 4.64. The molecule has 0 aliphatic carbocycles. The first-order valence-corrected chi connectivity index (χ1v) is 11.2. The van der Waals surface area contributed by atoms with E-state index < -0.39 is 0 Å². The van der Waals surface area contributed by atoms with E-state index in [2.05, 4.69) is 48.8 Å². The fourth-order valence-electron chi connectivity index (χ4n) is 3.51. The first-order valence-electron chi connectivity index (χ1n) is 11.2. The molecule has 182 valence electrons. The van der Waals surface area contributed by atoms with Crippen molar-refractivity contribution < 1.29 is 20.1 Å². The Morgan fingerprint density at radius 1 is 1.06 bits per heavy atom. The summed E-state index contributed by atoms with van der Waals surface area (Å²) >= 11 is 0. The van der Waals surface area contributed by atoms with E-state index >= 15 is 0 Å². The van der Waals surface area contributed by atoms with Crippen molar-refractivity contribution in [3.8, 4) is 17.2 Å². The van der Waals surface area contributed by atoms with E-state index in [0.29, 0.717) is 29.6 Å². The summed E-state index contributed by atoms with van der Waals surface area (Å²) in [5.74, 6) is 1.77. The summed E-state index contributed by atoms with van der Waals surface area (Å²) in [6.45, 7) is 10.4. The van der Waals surface area contributed by atoms with Crippen LogP contribution in [0, 0.1) is 0 Å². The Morgan fingerprint density at radius 3 is 2.33 bits per heavy atom. The average molecular weight is 462 g/mol. The number of hydrogen-bond donors (Lipinski definition) is 6. The van der Waals surface area contributed by atoms with Gasteiger partial charge in [-0.2, -0.15) is 9.97 Å². The number of nitrogens with zero attached hydrogens (tertiary/aromatic N) is 4. The third-order valence-electron chi connectivity index (χ3n) is 5.46. The van der Waals surface area contributed by atoms with Gasteiger partial charge in [-0.25, -0.2) is 0 Å². The molecule has 1 aliphatic heterocycles. The molecule has 33 heavy (non-hydrogen) atoms. The van der Waals surface area contributed by atoms with Crippen molar-refractivity contribution >= 4 is 23.3 Å². The number of benzene rings is 1. The molecule has 3 rings (SSSR count). The van der Waals surface area contributed by atoms with Crippen molar-refractivity contribution in [1.29, 1.82) is 0 Å². The Balaban J connectivity index is 2.02. The van der Waals surface area contributed by atoms with Crippen LogP contribution in [0.1, 0.15) is 46.6 Å². The van der Waals surface area contributed by atoms with Gasteiger partial charge in [0.25, 0.3) is 0 Å². The van der Waals surface area contributed by atoms with E-state index in [1.807, 2.05) is 16.9 Å². The molecule has 1 aromatic heterocycles. The van der Waals surface area contributed by atoms with E-state index in [4.69, 9.17) is 9.72 Å². The van der Waals surface area contributed by atoms with Gasteiger partial charge in [0.1, 0.15) is 11.4 Å². The molecular formula is C22H35N7O4. The monoisotopic (exact) mass is 461 g/mol. The number of hydrogen-bond acceptors (Lipinski definition) is 11. The molecule has 11 nitrogen and oxygen atoms in total. The van der Waals surface area contributed by atoms with Crippen LogP contribution in [0.15, 0.2) is 12.1 Å². The van der Waals surface area contributed by atoms with E-state index in [0.717, 1.165) is 5.69 Å². The first kappa shape index (κ1) is 24.5. The highest BCUT2D eigenvalue weighted by atomic mass is 16.5. The molecule has 1 unspecified atom stereocenters. The number of anilines is 4. The number of aliphatic hydroxyl groups is 1. The molecule has 0 fully saturated rings. The Bertz CT molecular complexity index is 966. The number of hydrazine groups is 2. The lowest BCUT2D eigenvalue weighted by Crippen LogP contribution is -2.50. The van der Waals surface area contributed by atoms with Crippen molar-refractivity contribution in [2.45, 2.75) is 65.7 Å². The minimum Gasteiger partial charge on any atom is -0.507 e. The number of nitrogens with one attached hydrogen (secondary N) is 3. The Labute approximate surface area is 194 Å². The molecule has 11 heteroatoms. The van der Waals surface area contributed by atoms with Gasteiger partial charge in [-0.1, -0.05) is 6.92 Å². The molecule has 0 bridgehead atoms. The number of phenolic OH excluding ortho intramolecular Hbond substituents is 2. The van der Waals surface area contributed by atoms with Crippen LogP contribution < -0.4 is 30.9 Å². The summed E-state index contributed by atoms with van der Waals surface area (Å²) in [7, 11) is 1.43. The van der Waals surface area contributed by atoms with Crippen molar-refractivity contribution in [3.63, 3.8) is 0 Å². The maximum atomic E-state index is 10.4. The highest BCUT2D eigenvalue weighted by molar-refractivity contribution is 5.83. The lowest BCUT2D eigenvalue weighted by atomic mass is 10.1. The number of phenols is 2. The maximum Gasteiger partial charge on any atom is 0.227 e. The molecule has 0 spiro atoms. The van der Waals surface area contributed by atoms with Gasteiger partial charge in [-0.15, -0.1) is 5.53 Å². The number of aliphatic hydroxyl groups excluding tert-OH is 1. The third kappa shape index (κ3) is 5.09. The van der Waals surface area contributed by atoms with Crippen molar-refractivity contribution in [3.05, 3.63) is 17.7 Å². The summed E-state index contributed by atoms with van der Waals surface area (Å²) < 4.78 is 5.05. The summed E-state index contributed by atoms with van der Waals surface area (Å²) in [6.07, 6.45) is 0.711. The Hall–Kier alpha value is -3.18. The van der Waals surface area contributed by atoms with Crippen molar-refractivity contribution in [2.75, 3.05) is 34.4 Å². The lowest BCUT2D eigenvalue weighted by Gasteiger charge is -2.27. The summed E-state index contributed by atoms with van der Waals surface area (Å²) in [6, 6.07) is 2.88.